The molecule has 6 heterocycles. The van der Waals surface area contributed by atoms with Crippen LogP contribution in [0.3, 0.4) is 0 Å². The number of pyridine rings is 1. The van der Waals surface area contributed by atoms with Crippen LogP contribution >= 0.6 is 0 Å². The van der Waals surface area contributed by atoms with Crippen LogP contribution in [0, 0.1) is 17.6 Å². The summed E-state index contributed by atoms with van der Waals surface area (Å²) in [5.41, 5.74) is 1.29. The molecule has 2 atom stereocenters. The minimum atomic E-state index is -3.48. The Morgan fingerprint density at radius 1 is 0.965 bits per heavy atom. The Morgan fingerprint density at radius 2 is 1.70 bits per heavy atom. The SMILES string of the molecule is CC(C)C(C(=O)O)c1cc(N2CC(N3CCN(c4ccc(-c5cnc6[nH]cc(C(=O)c7c(F)ccc(N(N8CC[C@@H](F)C8)[SH](=O)=O)c7F)c6c5)cc4)CC3)C2)no1. The summed E-state index contributed by atoms with van der Waals surface area (Å²) in [5, 5.41) is 15.2. The Kier molecular flexibility index (Phi) is 10.4. The first kappa shape index (κ1) is 38.4. The fourth-order valence-corrected chi connectivity index (χ4v) is 8.70. The van der Waals surface area contributed by atoms with E-state index in [9.17, 15) is 27.5 Å². The maximum atomic E-state index is 16.0. The van der Waals surface area contributed by atoms with Crippen molar-refractivity contribution in [2.24, 2.45) is 5.92 Å². The number of carbonyl (C=O) groups excluding carboxylic acids is 1. The van der Waals surface area contributed by atoms with Crippen molar-refractivity contribution in [2.75, 3.05) is 66.6 Å². The fraction of sp³-hybridized carbons (Fsp3) is 0.385. The summed E-state index contributed by atoms with van der Waals surface area (Å²) in [6.45, 7) is 8.37. The molecule has 300 valence electrons. The van der Waals surface area contributed by atoms with Crippen molar-refractivity contribution in [1.82, 2.24) is 25.0 Å². The van der Waals surface area contributed by atoms with Gasteiger partial charge in [-0.1, -0.05) is 31.1 Å². The van der Waals surface area contributed by atoms with Gasteiger partial charge in [0, 0.05) is 92.5 Å². The van der Waals surface area contributed by atoms with Crippen molar-refractivity contribution < 1.29 is 40.8 Å². The molecule has 0 radical (unpaired) electrons. The second-order valence-electron chi connectivity index (χ2n) is 15.0. The molecular formula is C39H41F3N8O6S. The fourth-order valence-electron chi connectivity index (χ4n) is 8.00. The van der Waals surface area contributed by atoms with E-state index in [1.807, 2.05) is 38.1 Å². The second kappa shape index (κ2) is 15.5. The number of aromatic amines is 1. The smallest absolute Gasteiger partial charge is 0.314 e. The van der Waals surface area contributed by atoms with E-state index in [1.54, 1.807) is 18.3 Å². The highest BCUT2D eigenvalue weighted by atomic mass is 32.2. The van der Waals surface area contributed by atoms with Crippen molar-refractivity contribution in [3.05, 3.63) is 89.4 Å². The number of nitrogens with one attached hydrogen (secondary N) is 1. The number of rotatable bonds is 12. The Hall–Kier alpha value is -5.46. The van der Waals surface area contributed by atoms with Gasteiger partial charge in [-0.3, -0.25) is 14.5 Å². The van der Waals surface area contributed by atoms with Crippen molar-refractivity contribution in [2.45, 2.75) is 38.4 Å². The summed E-state index contributed by atoms with van der Waals surface area (Å²) >= 11 is 0. The van der Waals surface area contributed by atoms with E-state index in [4.69, 9.17) is 4.52 Å². The quantitative estimate of drug-likeness (QED) is 0.116. The Balaban J connectivity index is 0.923. The highest BCUT2D eigenvalue weighted by Gasteiger charge is 2.37. The number of thiol groups is 1. The van der Waals surface area contributed by atoms with Gasteiger partial charge in [-0.25, -0.2) is 31.6 Å². The molecule has 0 amide bonds. The van der Waals surface area contributed by atoms with Crippen LogP contribution in [-0.2, 0) is 15.7 Å². The molecule has 8 rings (SSSR count). The van der Waals surface area contributed by atoms with Gasteiger partial charge in [0.25, 0.3) is 0 Å². The van der Waals surface area contributed by atoms with Crippen LogP contribution in [0.5, 0.6) is 0 Å². The molecule has 0 aliphatic carbocycles. The third kappa shape index (κ3) is 7.32. The van der Waals surface area contributed by atoms with E-state index < -0.39 is 57.6 Å². The number of benzene rings is 2. The summed E-state index contributed by atoms with van der Waals surface area (Å²) in [5.74, 6) is -4.30. The molecular weight excluding hydrogens is 766 g/mol. The van der Waals surface area contributed by atoms with E-state index in [-0.39, 0.29) is 31.0 Å². The van der Waals surface area contributed by atoms with Gasteiger partial charge < -0.3 is 24.4 Å². The van der Waals surface area contributed by atoms with Gasteiger partial charge in [0.2, 0.25) is 16.7 Å². The highest BCUT2D eigenvalue weighted by Crippen LogP contribution is 2.34. The number of alkyl halides is 1. The molecule has 2 aromatic carbocycles. The van der Waals surface area contributed by atoms with Crippen molar-refractivity contribution in [1.29, 1.82) is 0 Å². The van der Waals surface area contributed by atoms with Crippen LogP contribution in [0.25, 0.3) is 22.2 Å². The van der Waals surface area contributed by atoms with Gasteiger partial charge >= 0.3 is 5.97 Å². The number of carboxylic acids is 1. The third-order valence-corrected chi connectivity index (χ3v) is 11.9. The van der Waals surface area contributed by atoms with E-state index in [1.165, 1.54) is 6.20 Å². The molecule has 2 N–H and O–H groups in total. The number of carboxylic acid groups (broad SMARTS) is 1. The number of nitrogens with zero attached hydrogens (tertiary/aromatic N) is 7. The minimum absolute atomic E-state index is 0.00522. The molecule has 3 aliphatic heterocycles. The lowest BCUT2D eigenvalue weighted by Crippen LogP contribution is -2.63. The van der Waals surface area contributed by atoms with E-state index in [0.717, 1.165) is 67.7 Å². The molecule has 0 saturated carbocycles. The number of H-pyrrole nitrogens is 1. The number of carbonyl (C=O) groups is 2. The molecule has 3 saturated heterocycles. The third-order valence-electron chi connectivity index (χ3n) is 11.2. The van der Waals surface area contributed by atoms with Gasteiger partial charge in [-0.2, -0.15) is 4.41 Å². The number of hydrogen-bond acceptors (Lipinski definition) is 11. The zero-order valence-corrected chi connectivity index (χ0v) is 32.0. The molecule has 3 fully saturated rings. The van der Waals surface area contributed by atoms with Gasteiger partial charge in [0.15, 0.2) is 17.4 Å². The summed E-state index contributed by atoms with van der Waals surface area (Å²) in [7, 11) is -3.48. The number of piperazine rings is 1. The highest BCUT2D eigenvalue weighted by molar-refractivity contribution is 7.73. The predicted molar refractivity (Wildman–Crippen MR) is 207 cm³/mol. The maximum absolute atomic E-state index is 16.0. The van der Waals surface area contributed by atoms with Crippen LogP contribution in [0.15, 0.2) is 65.4 Å². The van der Waals surface area contributed by atoms with E-state index in [0.29, 0.717) is 38.6 Å². The Labute approximate surface area is 327 Å². The standard InChI is InChI=1S/C39H41F3N8O6S/c1-22(2)34(39(52)53)32-16-33(45-56-32)48-20-27(21-48)47-13-11-46(12-14-47)26-5-3-23(4-6-26)24-15-28-29(18-44-38(28)43-17-24)37(51)35-30(41)7-8-31(36(35)42)50(57(54)55)49-10-9-25(40)19-49/h3-8,15-18,22,25,27,34,57H,9-14,19-21H2,1-2H3,(H,43,44)(H,52,53)/t25-,34?/m1/s1. The van der Waals surface area contributed by atoms with Crippen molar-refractivity contribution in [3.8, 4) is 11.1 Å². The molecule has 57 heavy (non-hydrogen) atoms. The average molecular weight is 807 g/mol. The number of hydrazine groups is 1. The van der Waals surface area contributed by atoms with Gasteiger partial charge in [-0.15, -0.1) is 0 Å². The van der Waals surface area contributed by atoms with Gasteiger partial charge in [0.1, 0.15) is 29.2 Å². The molecule has 1 unspecified atom stereocenters. The maximum Gasteiger partial charge on any atom is 0.314 e. The summed E-state index contributed by atoms with van der Waals surface area (Å²) in [4.78, 5) is 39.7. The summed E-state index contributed by atoms with van der Waals surface area (Å²) < 4.78 is 75.4. The largest absolute Gasteiger partial charge is 0.481 e. The van der Waals surface area contributed by atoms with Crippen molar-refractivity contribution >= 4 is 50.9 Å². The first-order valence-corrected chi connectivity index (χ1v) is 19.9. The van der Waals surface area contributed by atoms with Gasteiger partial charge in [-0.05, 0) is 48.2 Å². The minimum Gasteiger partial charge on any atom is -0.481 e. The van der Waals surface area contributed by atoms with Gasteiger partial charge in [0.05, 0.1) is 12.1 Å². The molecule has 14 nitrogen and oxygen atoms in total. The topological polar surface area (TPSA) is 159 Å². The molecule has 3 aromatic heterocycles. The van der Waals surface area contributed by atoms with E-state index in [2.05, 4.69) is 29.8 Å². The predicted octanol–water partition coefficient (Wildman–Crippen LogP) is 4.85. The van der Waals surface area contributed by atoms with E-state index >= 15 is 8.78 Å². The van der Waals surface area contributed by atoms with Crippen molar-refractivity contribution in [3.63, 3.8) is 0 Å². The first-order chi connectivity index (χ1) is 27.4. The van der Waals surface area contributed by atoms with Crippen LogP contribution in [0.2, 0.25) is 0 Å². The normalized spacial score (nSPS) is 18.8. The number of aliphatic carboxylic acids is 1. The number of anilines is 3. The Bertz CT molecular complexity index is 2380. The second-order valence-corrected chi connectivity index (χ2v) is 15.9. The molecule has 5 aromatic rings. The summed E-state index contributed by atoms with van der Waals surface area (Å²) in [6.07, 6.45) is 1.68. The number of fused-ring (bicyclic) bond motifs is 1. The molecule has 0 spiro atoms. The number of halogens is 3. The average Bonchev–Trinajstić information content (AvgIpc) is 3.92. The first-order valence-electron chi connectivity index (χ1n) is 18.7. The number of ketones is 1. The summed E-state index contributed by atoms with van der Waals surface area (Å²) in [6, 6.07) is 13.5. The number of aromatic nitrogens is 3. The zero-order chi connectivity index (χ0) is 40.1. The Morgan fingerprint density at radius 3 is 2.35 bits per heavy atom. The van der Waals surface area contributed by atoms with Crippen LogP contribution < -0.4 is 14.2 Å². The number of hydrogen-bond donors (Lipinski definition) is 3. The molecule has 3 aliphatic rings. The monoisotopic (exact) mass is 806 g/mol. The zero-order valence-electron chi connectivity index (χ0n) is 31.1. The lowest BCUT2D eigenvalue weighted by Gasteiger charge is -2.48. The molecule has 0 bridgehead atoms. The van der Waals surface area contributed by atoms with Crippen LogP contribution in [0.4, 0.5) is 30.4 Å². The van der Waals surface area contributed by atoms with Crippen LogP contribution in [0.1, 0.15) is 47.9 Å². The van der Waals surface area contributed by atoms with Crippen LogP contribution in [-0.4, -0.2) is 115 Å². The molecule has 18 heteroatoms. The lowest BCUT2D eigenvalue weighted by molar-refractivity contribution is -0.140. The lowest BCUT2D eigenvalue weighted by atomic mass is 9.93.